The summed E-state index contributed by atoms with van der Waals surface area (Å²) in [5, 5.41) is 9.15. The minimum Gasteiger partial charge on any atom is -0.465 e. The molecule has 6 nitrogen and oxygen atoms in total. The Morgan fingerprint density at radius 3 is 2.50 bits per heavy atom. The smallest absolute Gasteiger partial charge is 0.407 e. The number of carbonyl (C=O) groups is 1. The quantitative estimate of drug-likeness (QED) is 0.625. The Hall–Kier alpha value is -2.78. The number of carboxylic acid groups (broad SMARTS) is 1. The predicted molar refractivity (Wildman–Crippen MR) is 104 cm³/mol. The summed E-state index contributed by atoms with van der Waals surface area (Å²) in [4.78, 5) is 16.5. The maximum absolute atomic E-state index is 14.4. The lowest BCUT2D eigenvalue weighted by Crippen LogP contribution is -2.23. The molecule has 0 bridgehead atoms. The van der Waals surface area contributed by atoms with Gasteiger partial charge in [0.25, 0.3) is 0 Å². The molecule has 1 amide bonds. The second kappa shape index (κ2) is 7.69. The molecule has 1 aromatic carbocycles. The molecule has 0 saturated heterocycles. The molecule has 146 valence electrons. The molecule has 0 fully saturated rings. The van der Waals surface area contributed by atoms with Crippen molar-refractivity contribution in [1.29, 1.82) is 0 Å². The van der Waals surface area contributed by atoms with Gasteiger partial charge in [-0.15, -0.1) is 11.3 Å². The molecule has 28 heavy (non-hydrogen) atoms. The maximum Gasteiger partial charge on any atom is 0.407 e. The summed E-state index contributed by atoms with van der Waals surface area (Å²) in [7, 11) is -2.55. The topological polar surface area (TPSA) is 87.6 Å². The number of sulfone groups is 1. The fourth-order valence-electron chi connectivity index (χ4n) is 2.75. The summed E-state index contributed by atoms with van der Waals surface area (Å²) in [5.74, 6) is -0.786. The zero-order valence-corrected chi connectivity index (χ0v) is 16.7. The second-order valence-corrected chi connectivity index (χ2v) is 9.36. The first-order valence-electron chi connectivity index (χ1n) is 8.20. The summed E-state index contributed by atoms with van der Waals surface area (Å²) in [6, 6.07) is 10.8. The lowest BCUT2D eigenvalue weighted by molar-refractivity contribution is 0.154. The van der Waals surface area contributed by atoms with Gasteiger partial charge in [-0.1, -0.05) is 18.2 Å². The Morgan fingerprint density at radius 2 is 1.89 bits per heavy atom. The predicted octanol–water partition coefficient (Wildman–Crippen LogP) is 4.20. The molecular formula is C19H17FN2O4S2. The molecule has 0 aliphatic heterocycles. The van der Waals surface area contributed by atoms with Crippen LogP contribution in [-0.2, 0) is 16.4 Å². The van der Waals surface area contributed by atoms with Gasteiger partial charge in [-0.2, -0.15) is 4.39 Å². The lowest BCUT2D eigenvalue weighted by Gasteiger charge is -2.12. The Morgan fingerprint density at radius 1 is 1.21 bits per heavy atom. The lowest BCUT2D eigenvalue weighted by atomic mass is 10.1. The summed E-state index contributed by atoms with van der Waals surface area (Å²) < 4.78 is 40.9. The van der Waals surface area contributed by atoms with Crippen molar-refractivity contribution in [3.8, 4) is 11.1 Å². The van der Waals surface area contributed by atoms with Gasteiger partial charge in [0.2, 0.25) is 15.8 Å². The summed E-state index contributed by atoms with van der Waals surface area (Å²) in [6.07, 6.45) is 0.139. The maximum atomic E-state index is 14.4. The monoisotopic (exact) mass is 420 g/mol. The first-order chi connectivity index (χ1) is 13.2. The number of benzene rings is 1. The van der Waals surface area contributed by atoms with E-state index in [1.165, 1.54) is 37.5 Å². The van der Waals surface area contributed by atoms with E-state index in [4.69, 9.17) is 5.11 Å². The third-order valence-electron chi connectivity index (χ3n) is 4.25. The molecule has 0 saturated carbocycles. The molecule has 2 heterocycles. The highest BCUT2D eigenvalue weighted by atomic mass is 32.2. The van der Waals surface area contributed by atoms with E-state index in [1.807, 2.05) is 0 Å². The van der Waals surface area contributed by atoms with E-state index < -0.39 is 21.9 Å². The normalized spacial score (nSPS) is 11.4. The zero-order valence-electron chi connectivity index (χ0n) is 15.1. The van der Waals surface area contributed by atoms with Gasteiger partial charge in [0, 0.05) is 29.2 Å². The average Bonchev–Trinajstić information content (AvgIpc) is 3.00. The standard InChI is InChI=1S/C19H17FN2O4S2/c1-12-15(11-22(2)19(23)24)27-18(16(12)14-9-6-10-21-17(14)20)28(25,26)13-7-4-3-5-8-13/h3-10H,11H2,1-2H3,(H,23,24). The number of rotatable bonds is 5. The highest BCUT2D eigenvalue weighted by molar-refractivity contribution is 7.93. The number of halogens is 1. The molecule has 0 unspecified atom stereocenters. The molecule has 2 aromatic heterocycles. The highest BCUT2D eigenvalue weighted by Gasteiger charge is 2.30. The SMILES string of the molecule is Cc1c(CN(C)C(=O)O)sc(S(=O)(=O)c2ccccc2)c1-c1cccnc1F. The average molecular weight is 420 g/mol. The first kappa shape index (κ1) is 20.0. The minimum absolute atomic E-state index is 0.00890. The molecule has 0 aliphatic carbocycles. The van der Waals surface area contributed by atoms with Gasteiger partial charge in [-0.25, -0.2) is 18.2 Å². The van der Waals surface area contributed by atoms with E-state index >= 15 is 0 Å². The number of hydrogen-bond donors (Lipinski definition) is 1. The van der Waals surface area contributed by atoms with Gasteiger partial charge in [-0.05, 0) is 36.8 Å². The third kappa shape index (κ3) is 3.63. The molecule has 0 radical (unpaired) electrons. The van der Waals surface area contributed by atoms with Crippen LogP contribution in [-0.4, -0.2) is 36.5 Å². The van der Waals surface area contributed by atoms with Crippen molar-refractivity contribution in [2.24, 2.45) is 0 Å². The van der Waals surface area contributed by atoms with Crippen molar-refractivity contribution < 1.29 is 22.7 Å². The molecule has 0 atom stereocenters. The number of aromatic nitrogens is 1. The molecule has 0 aliphatic rings. The van der Waals surface area contributed by atoms with Crippen LogP contribution >= 0.6 is 11.3 Å². The highest BCUT2D eigenvalue weighted by Crippen LogP contribution is 2.42. The zero-order chi connectivity index (χ0) is 20.5. The second-order valence-electron chi connectivity index (χ2n) is 6.11. The Labute approximate surface area is 165 Å². The van der Waals surface area contributed by atoms with Crippen LogP contribution in [0.2, 0.25) is 0 Å². The van der Waals surface area contributed by atoms with E-state index in [0.29, 0.717) is 10.4 Å². The largest absolute Gasteiger partial charge is 0.465 e. The molecule has 3 rings (SSSR count). The van der Waals surface area contributed by atoms with Crippen molar-refractivity contribution in [3.63, 3.8) is 0 Å². The Balaban J connectivity index is 2.27. The number of amides is 1. The van der Waals surface area contributed by atoms with Crippen LogP contribution in [0.5, 0.6) is 0 Å². The van der Waals surface area contributed by atoms with Gasteiger partial charge < -0.3 is 10.0 Å². The van der Waals surface area contributed by atoms with Crippen LogP contribution < -0.4 is 0 Å². The number of hydrogen-bond acceptors (Lipinski definition) is 5. The summed E-state index contributed by atoms with van der Waals surface area (Å²) in [6.45, 7) is 1.65. The van der Waals surface area contributed by atoms with Crippen molar-refractivity contribution in [1.82, 2.24) is 9.88 Å². The number of thiophene rings is 1. The minimum atomic E-state index is -3.93. The van der Waals surface area contributed by atoms with E-state index in [1.54, 1.807) is 25.1 Å². The van der Waals surface area contributed by atoms with Crippen molar-refractivity contribution >= 4 is 27.3 Å². The van der Waals surface area contributed by atoms with E-state index in [-0.39, 0.29) is 26.8 Å². The fourth-order valence-corrected chi connectivity index (χ4v) is 6.14. The van der Waals surface area contributed by atoms with Crippen LogP contribution in [0.25, 0.3) is 11.1 Å². The molecule has 9 heteroatoms. The van der Waals surface area contributed by atoms with Gasteiger partial charge in [0.15, 0.2) is 0 Å². The molecule has 1 N–H and O–H groups in total. The van der Waals surface area contributed by atoms with Gasteiger partial charge in [-0.3, -0.25) is 0 Å². The van der Waals surface area contributed by atoms with Crippen LogP contribution in [0.15, 0.2) is 57.8 Å². The Kier molecular flexibility index (Phi) is 5.48. The molecule has 3 aromatic rings. The van der Waals surface area contributed by atoms with Crippen molar-refractivity contribution in [2.75, 3.05) is 7.05 Å². The van der Waals surface area contributed by atoms with Crippen LogP contribution in [0.4, 0.5) is 9.18 Å². The summed E-state index contributed by atoms with van der Waals surface area (Å²) in [5.41, 5.74) is 0.794. The van der Waals surface area contributed by atoms with Crippen molar-refractivity contribution in [3.05, 3.63) is 65.0 Å². The Bertz CT molecular complexity index is 1130. The van der Waals surface area contributed by atoms with Crippen LogP contribution in [0.1, 0.15) is 10.4 Å². The van der Waals surface area contributed by atoms with Crippen molar-refractivity contribution in [2.45, 2.75) is 22.6 Å². The molecule has 0 spiro atoms. The van der Waals surface area contributed by atoms with E-state index in [0.717, 1.165) is 16.2 Å². The number of nitrogens with zero attached hydrogens (tertiary/aromatic N) is 2. The van der Waals surface area contributed by atoms with Gasteiger partial charge in [0.1, 0.15) is 4.21 Å². The van der Waals surface area contributed by atoms with E-state index in [9.17, 15) is 17.6 Å². The third-order valence-corrected chi connectivity index (χ3v) is 7.81. The van der Waals surface area contributed by atoms with Gasteiger partial charge >= 0.3 is 6.09 Å². The van der Waals surface area contributed by atoms with Gasteiger partial charge in [0.05, 0.1) is 11.4 Å². The fraction of sp³-hybridized carbons (Fsp3) is 0.158. The first-order valence-corrected chi connectivity index (χ1v) is 10.5. The number of pyridine rings is 1. The van der Waals surface area contributed by atoms with Crippen LogP contribution in [0, 0.1) is 12.9 Å². The van der Waals surface area contributed by atoms with E-state index in [2.05, 4.69) is 4.98 Å². The summed E-state index contributed by atoms with van der Waals surface area (Å²) >= 11 is 0.950. The van der Waals surface area contributed by atoms with Crippen LogP contribution in [0.3, 0.4) is 0 Å². The molecular weight excluding hydrogens is 403 g/mol.